The van der Waals surface area contributed by atoms with E-state index in [0.717, 1.165) is 11.1 Å². The zero-order valence-corrected chi connectivity index (χ0v) is 22.5. The first-order valence-corrected chi connectivity index (χ1v) is 13.5. The number of rotatable bonds is 10. The van der Waals surface area contributed by atoms with Gasteiger partial charge in [-0.05, 0) is 53.6 Å². The van der Waals surface area contributed by atoms with E-state index in [0.29, 0.717) is 39.9 Å². The van der Waals surface area contributed by atoms with Crippen molar-refractivity contribution >= 4 is 34.8 Å². The topological polar surface area (TPSA) is 94.8 Å². The Kier molecular flexibility index (Phi) is 8.53. The molecule has 1 aromatic heterocycles. The molecule has 0 atom stereocenters. The van der Waals surface area contributed by atoms with Crippen LogP contribution in [0.3, 0.4) is 0 Å². The van der Waals surface area contributed by atoms with Crippen molar-refractivity contribution in [2.24, 2.45) is 5.10 Å². The highest BCUT2D eigenvalue weighted by atomic mass is 32.2. The molecule has 5 aromatic rings. The third-order valence-electron chi connectivity index (χ3n) is 5.92. The van der Waals surface area contributed by atoms with Gasteiger partial charge in [0.2, 0.25) is 0 Å². The monoisotopic (exact) mass is 550 g/mol. The number of para-hydroxylation sites is 2. The van der Waals surface area contributed by atoms with Crippen LogP contribution in [0.15, 0.2) is 118 Å². The standard InChI is InChI=1S/C31H26N4O4S/c1-38-28-18-23(16-17-27(28)39-20-22-10-4-2-5-11-22)19-32-34-29(36)21-40-31-33-26-15-9-8-14-25(26)30(37)35(31)24-12-6-3-7-13-24/h2-19H,20-21H2,1H3,(H,34,36). The summed E-state index contributed by atoms with van der Waals surface area (Å²) in [6.07, 6.45) is 1.53. The van der Waals surface area contributed by atoms with Crippen molar-refractivity contribution in [3.63, 3.8) is 0 Å². The Morgan fingerprint density at radius 3 is 2.45 bits per heavy atom. The molecule has 1 heterocycles. The van der Waals surface area contributed by atoms with Gasteiger partial charge in [0.25, 0.3) is 11.5 Å². The summed E-state index contributed by atoms with van der Waals surface area (Å²) >= 11 is 1.17. The third kappa shape index (κ3) is 6.39. The minimum atomic E-state index is -0.335. The molecule has 9 heteroatoms. The van der Waals surface area contributed by atoms with Crippen LogP contribution in [0.5, 0.6) is 11.5 Å². The van der Waals surface area contributed by atoms with Gasteiger partial charge in [-0.1, -0.05) is 72.4 Å². The van der Waals surface area contributed by atoms with E-state index < -0.39 is 0 Å². The lowest BCUT2D eigenvalue weighted by Crippen LogP contribution is -2.24. The zero-order valence-electron chi connectivity index (χ0n) is 21.7. The van der Waals surface area contributed by atoms with Crippen LogP contribution in [0.25, 0.3) is 16.6 Å². The van der Waals surface area contributed by atoms with E-state index in [2.05, 4.69) is 15.5 Å². The Hall–Kier alpha value is -4.89. The van der Waals surface area contributed by atoms with Crippen LogP contribution in [-0.2, 0) is 11.4 Å². The van der Waals surface area contributed by atoms with Crippen LogP contribution in [0.2, 0.25) is 0 Å². The smallest absolute Gasteiger partial charge is 0.266 e. The summed E-state index contributed by atoms with van der Waals surface area (Å²) in [7, 11) is 1.57. The molecule has 0 saturated heterocycles. The molecule has 0 aliphatic carbocycles. The van der Waals surface area contributed by atoms with Crippen molar-refractivity contribution in [2.75, 3.05) is 12.9 Å². The van der Waals surface area contributed by atoms with Gasteiger partial charge in [-0.15, -0.1) is 0 Å². The number of ether oxygens (including phenoxy) is 2. The second-order valence-corrected chi connectivity index (χ2v) is 9.60. The van der Waals surface area contributed by atoms with Gasteiger partial charge < -0.3 is 9.47 Å². The highest BCUT2D eigenvalue weighted by Crippen LogP contribution is 2.28. The lowest BCUT2D eigenvalue weighted by Gasteiger charge is -2.12. The number of hydrogen-bond donors (Lipinski definition) is 1. The van der Waals surface area contributed by atoms with Crippen LogP contribution in [0, 0.1) is 0 Å². The number of thioether (sulfide) groups is 1. The Morgan fingerprint density at radius 2 is 1.68 bits per heavy atom. The van der Waals surface area contributed by atoms with Crippen LogP contribution in [-0.4, -0.2) is 34.5 Å². The molecular weight excluding hydrogens is 524 g/mol. The van der Waals surface area contributed by atoms with Gasteiger partial charge in [0.05, 0.1) is 35.7 Å². The van der Waals surface area contributed by atoms with Crippen LogP contribution < -0.4 is 20.5 Å². The Morgan fingerprint density at radius 1 is 0.950 bits per heavy atom. The van der Waals surface area contributed by atoms with Crippen LogP contribution in [0.1, 0.15) is 11.1 Å². The van der Waals surface area contributed by atoms with E-state index in [1.807, 2.05) is 72.8 Å². The van der Waals surface area contributed by atoms with Crippen molar-refractivity contribution in [3.8, 4) is 17.2 Å². The van der Waals surface area contributed by atoms with Crippen LogP contribution in [0.4, 0.5) is 0 Å². The largest absolute Gasteiger partial charge is 0.493 e. The summed E-state index contributed by atoms with van der Waals surface area (Å²) in [6, 6.07) is 31.7. The first-order chi connectivity index (χ1) is 19.6. The fourth-order valence-electron chi connectivity index (χ4n) is 3.97. The maximum atomic E-state index is 13.3. The molecule has 1 N–H and O–H groups in total. The number of fused-ring (bicyclic) bond motifs is 1. The van der Waals surface area contributed by atoms with Crippen molar-refractivity contribution in [2.45, 2.75) is 11.8 Å². The van der Waals surface area contributed by atoms with E-state index >= 15 is 0 Å². The lowest BCUT2D eigenvalue weighted by atomic mass is 10.2. The van der Waals surface area contributed by atoms with Crippen molar-refractivity contribution in [3.05, 3.63) is 125 Å². The fraction of sp³-hybridized carbons (Fsp3) is 0.0968. The molecule has 5 rings (SSSR count). The predicted octanol–water partition coefficient (Wildman–Crippen LogP) is 5.22. The molecule has 0 saturated carbocycles. The van der Waals surface area contributed by atoms with Crippen molar-refractivity contribution in [1.29, 1.82) is 0 Å². The highest BCUT2D eigenvalue weighted by molar-refractivity contribution is 7.99. The third-order valence-corrected chi connectivity index (χ3v) is 6.86. The summed E-state index contributed by atoms with van der Waals surface area (Å²) in [4.78, 5) is 30.5. The van der Waals surface area contributed by atoms with Gasteiger partial charge in [0.1, 0.15) is 6.61 Å². The minimum absolute atomic E-state index is 0.0184. The number of nitrogens with zero attached hydrogens (tertiary/aromatic N) is 3. The molecule has 1 amide bonds. The van der Waals surface area contributed by atoms with E-state index in [9.17, 15) is 9.59 Å². The fourth-order valence-corrected chi connectivity index (χ4v) is 4.78. The van der Waals surface area contributed by atoms with Gasteiger partial charge in [-0.3, -0.25) is 14.2 Å². The molecule has 0 aliphatic rings. The highest BCUT2D eigenvalue weighted by Gasteiger charge is 2.14. The number of carbonyl (C=O) groups excluding carboxylic acids is 1. The van der Waals surface area contributed by atoms with Gasteiger partial charge >= 0.3 is 0 Å². The second-order valence-electron chi connectivity index (χ2n) is 8.65. The first-order valence-electron chi connectivity index (χ1n) is 12.5. The SMILES string of the molecule is COc1cc(C=NNC(=O)CSc2nc3ccccc3c(=O)n2-c2ccccc2)ccc1OCc1ccccc1. The van der Waals surface area contributed by atoms with Gasteiger partial charge in [0.15, 0.2) is 16.7 Å². The molecule has 40 heavy (non-hydrogen) atoms. The molecule has 0 fully saturated rings. The van der Waals surface area contributed by atoms with E-state index in [1.54, 1.807) is 37.4 Å². The average molecular weight is 551 g/mol. The summed E-state index contributed by atoms with van der Waals surface area (Å²) in [5, 5.41) is 5.01. The van der Waals surface area contributed by atoms with Gasteiger partial charge in [0, 0.05) is 0 Å². The number of hydrogen-bond acceptors (Lipinski definition) is 7. The molecule has 0 bridgehead atoms. The number of methoxy groups -OCH3 is 1. The average Bonchev–Trinajstić information content (AvgIpc) is 3.00. The Balaban J connectivity index is 1.24. The zero-order chi connectivity index (χ0) is 27.7. The quantitative estimate of drug-likeness (QED) is 0.111. The number of aromatic nitrogens is 2. The summed E-state index contributed by atoms with van der Waals surface area (Å²) in [5.41, 5.74) is 5.37. The number of nitrogens with one attached hydrogen (secondary N) is 1. The van der Waals surface area contributed by atoms with Crippen molar-refractivity contribution < 1.29 is 14.3 Å². The maximum Gasteiger partial charge on any atom is 0.266 e. The number of amides is 1. The predicted molar refractivity (Wildman–Crippen MR) is 158 cm³/mol. The van der Waals surface area contributed by atoms with Gasteiger partial charge in [-0.25, -0.2) is 10.4 Å². The van der Waals surface area contributed by atoms with Crippen LogP contribution >= 0.6 is 11.8 Å². The van der Waals surface area contributed by atoms with E-state index in [-0.39, 0.29) is 17.2 Å². The van der Waals surface area contributed by atoms with Crippen molar-refractivity contribution in [1.82, 2.24) is 15.0 Å². The lowest BCUT2D eigenvalue weighted by molar-refractivity contribution is -0.118. The Labute approximate surface area is 235 Å². The molecule has 0 unspecified atom stereocenters. The normalized spacial score (nSPS) is 11.0. The van der Waals surface area contributed by atoms with Gasteiger partial charge in [-0.2, -0.15) is 5.10 Å². The molecule has 4 aromatic carbocycles. The number of benzene rings is 4. The molecular formula is C31H26N4O4S. The molecule has 8 nitrogen and oxygen atoms in total. The van der Waals surface area contributed by atoms with E-state index in [1.165, 1.54) is 22.5 Å². The maximum absolute atomic E-state index is 13.3. The summed E-state index contributed by atoms with van der Waals surface area (Å²) in [5.74, 6) is 0.849. The van der Waals surface area contributed by atoms with E-state index in [4.69, 9.17) is 9.47 Å². The number of hydrazone groups is 1. The summed E-state index contributed by atoms with van der Waals surface area (Å²) in [6.45, 7) is 0.419. The molecule has 0 radical (unpaired) electrons. The second kappa shape index (κ2) is 12.8. The Bertz CT molecular complexity index is 1710. The molecule has 0 spiro atoms. The minimum Gasteiger partial charge on any atom is -0.493 e. The molecule has 200 valence electrons. The summed E-state index contributed by atoms with van der Waals surface area (Å²) < 4.78 is 12.9. The number of carbonyl (C=O) groups is 1. The first kappa shape index (κ1) is 26.7. The molecule has 0 aliphatic heterocycles.